The first-order valence-electron chi connectivity index (χ1n) is 7.24. The van der Waals surface area contributed by atoms with Gasteiger partial charge in [0.2, 0.25) is 0 Å². The highest BCUT2D eigenvalue weighted by Gasteiger charge is 2.16. The van der Waals surface area contributed by atoms with Gasteiger partial charge >= 0.3 is 0 Å². The predicted molar refractivity (Wildman–Crippen MR) is 72.3 cm³/mol. The highest BCUT2D eigenvalue weighted by molar-refractivity contribution is 5.16. The summed E-state index contributed by atoms with van der Waals surface area (Å²) in [7, 11) is 0. The van der Waals surface area contributed by atoms with Gasteiger partial charge in [0.1, 0.15) is 12.4 Å². The third-order valence-electron chi connectivity index (χ3n) is 3.71. The number of hydrogen-bond acceptors (Lipinski definition) is 3. The molecule has 0 aliphatic heterocycles. The van der Waals surface area contributed by atoms with Gasteiger partial charge in [-0.2, -0.15) is 0 Å². The number of hydrogen-bond donors (Lipinski definition) is 1. The summed E-state index contributed by atoms with van der Waals surface area (Å²) < 4.78 is 11.2. The Kier molecular flexibility index (Phi) is 5.75. The van der Waals surface area contributed by atoms with E-state index in [2.05, 4.69) is 12.2 Å². The summed E-state index contributed by atoms with van der Waals surface area (Å²) in [6.07, 6.45) is 8.34. The van der Waals surface area contributed by atoms with Gasteiger partial charge in [-0.15, -0.1) is 0 Å². The molecule has 3 nitrogen and oxygen atoms in total. The van der Waals surface area contributed by atoms with Crippen molar-refractivity contribution in [1.82, 2.24) is 5.32 Å². The molecule has 0 aromatic carbocycles. The first-order valence-corrected chi connectivity index (χ1v) is 7.24. The van der Waals surface area contributed by atoms with E-state index < -0.39 is 0 Å². The van der Waals surface area contributed by atoms with Crippen LogP contribution in [-0.2, 0) is 17.9 Å². The maximum atomic E-state index is 5.71. The van der Waals surface area contributed by atoms with Gasteiger partial charge in [0, 0.05) is 18.7 Å². The van der Waals surface area contributed by atoms with E-state index in [1.54, 1.807) is 6.26 Å². The van der Waals surface area contributed by atoms with Crippen molar-refractivity contribution in [1.29, 1.82) is 0 Å². The van der Waals surface area contributed by atoms with Crippen LogP contribution in [0.25, 0.3) is 0 Å². The second-order valence-electron chi connectivity index (χ2n) is 5.18. The fraction of sp³-hybridized carbons (Fsp3) is 0.733. The fourth-order valence-corrected chi connectivity index (χ4v) is 2.25. The van der Waals surface area contributed by atoms with Crippen LogP contribution < -0.4 is 5.32 Å². The topological polar surface area (TPSA) is 34.4 Å². The van der Waals surface area contributed by atoms with Crippen LogP contribution in [0.15, 0.2) is 16.7 Å². The van der Waals surface area contributed by atoms with Gasteiger partial charge in [0.25, 0.3) is 0 Å². The van der Waals surface area contributed by atoms with Gasteiger partial charge < -0.3 is 14.5 Å². The van der Waals surface area contributed by atoms with Gasteiger partial charge in [-0.3, -0.25) is 0 Å². The summed E-state index contributed by atoms with van der Waals surface area (Å²) in [6.45, 7) is 5.59. The van der Waals surface area contributed by atoms with Crippen molar-refractivity contribution in [3.63, 3.8) is 0 Å². The Labute approximate surface area is 110 Å². The van der Waals surface area contributed by atoms with Crippen molar-refractivity contribution in [2.75, 3.05) is 13.2 Å². The molecule has 2 rings (SSSR count). The second kappa shape index (κ2) is 7.59. The molecule has 0 amide bonds. The van der Waals surface area contributed by atoms with Crippen molar-refractivity contribution >= 4 is 0 Å². The minimum atomic E-state index is 0.614. The highest BCUT2D eigenvalue weighted by atomic mass is 16.5. The molecule has 0 radical (unpaired) electrons. The van der Waals surface area contributed by atoms with E-state index in [1.165, 1.54) is 31.2 Å². The van der Waals surface area contributed by atoms with E-state index in [1.807, 2.05) is 6.07 Å². The van der Waals surface area contributed by atoms with Gasteiger partial charge in [-0.05, 0) is 31.4 Å². The third-order valence-corrected chi connectivity index (χ3v) is 3.71. The molecule has 0 saturated heterocycles. The molecule has 102 valence electrons. The SMILES string of the molecule is CCCNCc1ccoc1COCCC1CCC1. The van der Waals surface area contributed by atoms with Crippen LogP contribution in [0.1, 0.15) is 50.4 Å². The number of rotatable bonds is 9. The predicted octanol–water partition coefficient (Wildman–Crippen LogP) is 3.49. The Bertz CT molecular complexity index is 331. The molecule has 0 spiro atoms. The zero-order valence-corrected chi connectivity index (χ0v) is 11.4. The Morgan fingerprint density at radius 1 is 1.44 bits per heavy atom. The fourth-order valence-electron chi connectivity index (χ4n) is 2.25. The average Bonchev–Trinajstić information content (AvgIpc) is 2.75. The second-order valence-corrected chi connectivity index (χ2v) is 5.18. The van der Waals surface area contributed by atoms with Crippen LogP contribution in [-0.4, -0.2) is 13.2 Å². The molecule has 1 N–H and O–H groups in total. The molecule has 0 bridgehead atoms. The van der Waals surface area contributed by atoms with Crippen LogP contribution >= 0.6 is 0 Å². The van der Waals surface area contributed by atoms with Crippen LogP contribution in [0, 0.1) is 5.92 Å². The minimum absolute atomic E-state index is 0.614. The van der Waals surface area contributed by atoms with Crippen molar-refractivity contribution in [3.8, 4) is 0 Å². The van der Waals surface area contributed by atoms with Crippen LogP contribution in [0.2, 0.25) is 0 Å². The van der Waals surface area contributed by atoms with Crippen molar-refractivity contribution < 1.29 is 9.15 Å². The molecule has 1 saturated carbocycles. The number of furan rings is 1. The van der Waals surface area contributed by atoms with E-state index in [-0.39, 0.29) is 0 Å². The van der Waals surface area contributed by atoms with Crippen molar-refractivity contribution in [3.05, 3.63) is 23.7 Å². The molecule has 1 aromatic heterocycles. The van der Waals surface area contributed by atoms with Crippen molar-refractivity contribution in [2.45, 2.75) is 52.2 Å². The van der Waals surface area contributed by atoms with E-state index >= 15 is 0 Å². The normalized spacial score (nSPS) is 15.8. The highest BCUT2D eigenvalue weighted by Crippen LogP contribution is 2.29. The Balaban J connectivity index is 1.63. The summed E-state index contributed by atoms with van der Waals surface area (Å²) in [5, 5.41) is 3.39. The zero-order valence-electron chi connectivity index (χ0n) is 11.4. The van der Waals surface area contributed by atoms with E-state index in [9.17, 15) is 0 Å². The molecule has 3 heteroatoms. The van der Waals surface area contributed by atoms with E-state index in [0.29, 0.717) is 6.61 Å². The van der Waals surface area contributed by atoms with Crippen LogP contribution in [0.4, 0.5) is 0 Å². The maximum absolute atomic E-state index is 5.71. The van der Waals surface area contributed by atoms with E-state index in [0.717, 1.165) is 37.8 Å². The summed E-state index contributed by atoms with van der Waals surface area (Å²) in [6, 6.07) is 2.04. The van der Waals surface area contributed by atoms with Crippen LogP contribution in [0.5, 0.6) is 0 Å². The quantitative estimate of drug-likeness (QED) is 0.682. The lowest BCUT2D eigenvalue weighted by atomic mass is 9.83. The molecule has 1 aliphatic carbocycles. The summed E-state index contributed by atoms with van der Waals surface area (Å²) in [5.74, 6) is 1.90. The van der Waals surface area contributed by atoms with Gasteiger partial charge in [0.05, 0.1) is 6.26 Å². The molecule has 1 aliphatic rings. The van der Waals surface area contributed by atoms with Gasteiger partial charge in [-0.25, -0.2) is 0 Å². The molecule has 1 heterocycles. The van der Waals surface area contributed by atoms with Gasteiger partial charge in [0.15, 0.2) is 0 Å². The lowest BCUT2D eigenvalue weighted by Gasteiger charge is -2.24. The minimum Gasteiger partial charge on any atom is -0.467 e. The third kappa shape index (κ3) is 4.14. The first kappa shape index (κ1) is 13.6. The maximum Gasteiger partial charge on any atom is 0.133 e. The number of nitrogens with one attached hydrogen (secondary N) is 1. The largest absolute Gasteiger partial charge is 0.467 e. The summed E-state index contributed by atoms with van der Waals surface area (Å²) >= 11 is 0. The Hall–Kier alpha value is -0.800. The molecule has 18 heavy (non-hydrogen) atoms. The Morgan fingerprint density at radius 2 is 2.33 bits per heavy atom. The average molecular weight is 251 g/mol. The standard InChI is InChI=1S/C15H25NO2/c1-2-8-16-11-14-7-10-18-15(14)12-17-9-6-13-4-3-5-13/h7,10,13,16H,2-6,8-9,11-12H2,1H3. The van der Waals surface area contributed by atoms with Crippen molar-refractivity contribution in [2.24, 2.45) is 5.92 Å². The molecule has 1 fully saturated rings. The molecular weight excluding hydrogens is 226 g/mol. The first-order chi connectivity index (χ1) is 8.90. The monoisotopic (exact) mass is 251 g/mol. The lowest BCUT2D eigenvalue weighted by molar-refractivity contribution is 0.0830. The van der Waals surface area contributed by atoms with E-state index in [4.69, 9.17) is 9.15 Å². The summed E-state index contributed by atoms with van der Waals surface area (Å²) in [5.41, 5.74) is 1.23. The van der Waals surface area contributed by atoms with Gasteiger partial charge in [-0.1, -0.05) is 26.2 Å². The molecule has 0 unspecified atom stereocenters. The molecule has 1 aromatic rings. The summed E-state index contributed by atoms with van der Waals surface area (Å²) in [4.78, 5) is 0. The smallest absolute Gasteiger partial charge is 0.133 e. The molecular formula is C15H25NO2. The lowest BCUT2D eigenvalue weighted by Crippen LogP contribution is -2.15. The Morgan fingerprint density at radius 3 is 3.06 bits per heavy atom. The zero-order chi connectivity index (χ0) is 12.6. The molecule has 0 atom stereocenters. The number of ether oxygens (including phenoxy) is 1. The van der Waals surface area contributed by atoms with Crippen LogP contribution in [0.3, 0.4) is 0 Å².